The van der Waals surface area contributed by atoms with Gasteiger partial charge in [-0.15, -0.1) is 5.73 Å². The van der Waals surface area contributed by atoms with Crippen LogP contribution in [0, 0.1) is 17.8 Å². The second-order valence-corrected chi connectivity index (χ2v) is 3.69. The standard InChI is InChI=1S/C11H18/c1-4-6-7-9(3)11-8-10(11)5-2/h6,9-11H,1,5,7-8H2,2-3H3. The monoisotopic (exact) mass is 150 g/mol. The molecule has 3 atom stereocenters. The predicted octanol–water partition coefficient (Wildman–Crippen LogP) is 3.40. The molecule has 0 aliphatic heterocycles. The van der Waals surface area contributed by atoms with E-state index in [4.69, 9.17) is 0 Å². The second kappa shape index (κ2) is 3.78. The van der Waals surface area contributed by atoms with Crippen molar-refractivity contribution in [3.8, 4) is 0 Å². The Hall–Kier alpha value is -0.480. The van der Waals surface area contributed by atoms with Gasteiger partial charge in [-0.2, -0.15) is 0 Å². The van der Waals surface area contributed by atoms with Crippen LogP contribution in [-0.4, -0.2) is 0 Å². The van der Waals surface area contributed by atoms with E-state index in [0.29, 0.717) is 0 Å². The summed E-state index contributed by atoms with van der Waals surface area (Å²) in [6, 6.07) is 0. The average molecular weight is 150 g/mol. The van der Waals surface area contributed by atoms with Gasteiger partial charge in [-0.05, 0) is 36.7 Å². The lowest BCUT2D eigenvalue weighted by molar-refractivity contribution is 0.476. The fourth-order valence-electron chi connectivity index (χ4n) is 1.88. The molecule has 0 heterocycles. The van der Waals surface area contributed by atoms with Crippen molar-refractivity contribution in [1.29, 1.82) is 0 Å². The summed E-state index contributed by atoms with van der Waals surface area (Å²) in [5.41, 5.74) is 2.84. The van der Waals surface area contributed by atoms with Crippen molar-refractivity contribution in [3.63, 3.8) is 0 Å². The normalized spacial score (nSPS) is 30.7. The van der Waals surface area contributed by atoms with Crippen molar-refractivity contribution in [2.24, 2.45) is 17.8 Å². The van der Waals surface area contributed by atoms with Crippen LogP contribution in [0.25, 0.3) is 0 Å². The van der Waals surface area contributed by atoms with Crippen molar-refractivity contribution in [2.75, 3.05) is 0 Å². The van der Waals surface area contributed by atoms with E-state index < -0.39 is 0 Å². The van der Waals surface area contributed by atoms with E-state index in [1.54, 1.807) is 0 Å². The van der Waals surface area contributed by atoms with Gasteiger partial charge in [-0.25, -0.2) is 0 Å². The lowest BCUT2D eigenvalue weighted by Crippen LogP contribution is -1.96. The fraction of sp³-hybridized carbons (Fsp3) is 0.727. The first-order chi connectivity index (χ1) is 5.29. The first kappa shape index (κ1) is 8.62. The molecule has 11 heavy (non-hydrogen) atoms. The summed E-state index contributed by atoms with van der Waals surface area (Å²) >= 11 is 0. The van der Waals surface area contributed by atoms with Crippen LogP contribution >= 0.6 is 0 Å². The topological polar surface area (TPSA) is 0 Å². The van der Waals surface area contributed by atoms with E-state index in [9.17, 15) is 0 Å². The van der Waals surface area contributed by atoms with Crippen LogP contribution in [-0.2, 0) is 0 Å². The summed E-state index contributed by atoms with van der Waals surface area (Å²) in [6.07, 6.45) is 6.07. The van der Waals surface area contributed by atoms with Crippen LogP contribution in [0.3, 0.4) is 0 Å². The summed E-state index contributed by atoms with van der Waals surface area (Å²) < 4.78 is 0. The summed E-state index contributed by atoms with van der Waals surface area (Å²) in [4.78, 5) is 0. The molecule has 0 N–H and O–H groups in total. The number of hydrogen-bond acceptors (Lipinski definition) is 0. The molecule has 1 saturated carbocycles. The van der Waals surface area contributed by atoms with Crippen LogP contribution in [0.1, 0.15) is 33.1 Å². The molecule has 0 radical (unpaired) electrons. The Bertz CT molecular complexity index is 163. The molecule has 1 aliphatic rings. The van der Waals surface area contributed by atoms with Crippen molar-refractivity contribution < 1.29 is 0 Å². The summed E-state index contributed by atoms with van der Waals surface area (Å²) in [7, 11) is 0. The largest absolute Gasteiger partial charge is 0.133 e. The molecular formula is C11H18. The van der Waals surface area contributed by atoms with Crippen LogP contribution in [0.15, 0.2) is 18.4 Å². The van der Waals surface area contributed by atoms with E-state index >= 15 is 0 Å². The zero-order valence-corrected chi connectivity index (χ0v) is 7.64. The van der Waals surface area contributed by atoms with Gasteiger partial charge in [-0.1, -0.05) is 26.8 Å². The molecule has 0 saturated heterocycles. The fourth-order valence-corrected chi connectivity index (χ4v) is 1.88. The van der Waals surface area contributed by atoms with Gasteiger partial charge < -0.3 is 0 Å². The minimum Gasteiger partial charge on any atom is -0.133 e. The maximum absolute atomic E-state index is 3.57. The highest BCUT2D eigenvalue weighted by Gasteiger charge is 2.38. The maximum Gasteiger partial charge on any atom is -0.0246 e. The summed E-state index contributed by atoms with van der Waals surface area (Å²) in [5, 5.41) is 0. The van der Waals surface area contributed by atoms with Gasteiger partial charge in [-0.3, -0.25) is 0 Å². The highest BCUT2D eigenvalue weighted by Crippen LogP contribution is 2.47. The van der Waals surface area contributed by atoms with Gasteiger partial charge in [0.25, 0.3) is 0 Å². The molecule has 1 fully saturated rings. The third-order valence-electron chi connectivity index (χ3n) is 2.87. The van der Waals surface area contributed by atoms with E-state index in [-0.39, 0.29) is 0 Å². The predicted molar refractivity (Wildman–Crippen MR) is 49.4 cm³/mol. The zero-order chi connectivity index (χ0) is 8.27. The molecule has 0 aromatic heterocycles. The number of hydrogen-bond donors (Lipinski definition) is 0. The van der Waals surface area contributed by atoms with Gasteiger partial charge in [0.1, 0.15) is 0 Å². The molecule has 0 amide bonds. The second-order valence-electron chi connectivity index (χ2n) is 3.69. The molecule has 62 valence electrons. The molecular weight excluding hydrogens is 132 g/mol. The molecule has 1 aliphatic carbocycles. The number of allylic oxidation sites excluding steroid dienone is 1. The van der Waals surface area contributed by atoms with Crippen molar-refractivity contribution in [3.05, 3.63) is 18.4 Å². The van der Waals surface area contributed by atoms with E-state index in [0.717, 1.165) is 17.8 Å². The lowest BCUT2D eigenvalue weighted by atomic mass is 10.00. The maximum atomic E-state index is 3.57. The van der Waals surface area contributed by atoms with Crippen molar-refractivity contribution >= 4 is 0 Å². The Morgan fingerprint density at radius 3 is 2.91 bits per heavy atom. The van der Waals surface area contributed by atoms with Gasteiger partial charge >= 0.3 is 0 Å². The molecule has 0 bridgehead atoms. The molecule has 0 aromatic carbocycles. The van der Waals surface area contributed by atoms with Crippen LogP contribution < -0.4 is 0 Å². The van der Waals surface area contributed by atoms with E-state index in [2.05, 4.69) is 32.2 Å². The van der Waals surface area contributed by atoms with Gasteiger partial charge in [0.2, 0.25) is 0 Å². The third kappa shape index (κ3) is 2.24. The van der Waals surface area contributed by atoms with Crippen molar-refractivity contribution in [2.45, 2.75) is 33.1 Å². The van der Waals surface area contributed by atoms with Crippen LogP contribution in [0.2, 0.25) is 0 Å². The third-order valence-corrected chi connectivity index (χ3v) is 2.87. The Balaban J connectivity index is 2.21. The first-order valence-corrected chi connectivity index (χ1v) is 4.63. The minimum absolute atomic E-state index is 0.856. The lowest BCUT2D eigenvalue weighted by Gasteiger charge is -2.05. The first-order valence-electron chi connectivity index (χ1n) is 4.63. The minimum atomic E-state index is 0.856. The molecule has 0 heteroatoms. The Morgan fingerprint density at radius 2 is 2.45 bits per heavy atom. The Morgan fingerprint density at radius 1 is 1.73 bits per heavy atom. The van der Waals surface area contributed by atoms with Gasteiger partial charge in [0.15, 0.2) is 0 Å². The van der Waals surface area contributed by atoms with Crippen LogP contribution in [0.5, 0.6) is 0 Å². The van der Waals surface area contributed by atoms with E-state index in [1.165, 1.54) is 19.3 Å². The zero-order valence-electron chi connectivity index (χ0n) is 7.64. The highest BCUT2D eigenvalue weighted by molar-refractivity contribution is 4.91. The van der Waals surface area contributed by atoms with Gasteiger partial charge in [0, 0.05) is 0 Å². The van der Waals surface area contributed by atoms with E-state index in [1.807, 2.05) is 0 Å². The highest BCUT2D eigenvalue weighted by atomic mass is 14.4. The summed E-state index contributed by atoms with van der Waals surface area (Å²) in [6.45, 7) is 8.20. The van der Waals surface area contributed by atoms with Crippen LogP contribution in [0.4, 0.5) is 0 Å². The quantitative estimate of drug-likeness (QED) is 0.539. The molecule has 3 unspecified atom stereocenters. The number of rotatable bonds is 4. The average Bonchev–Trinajstić information content (AvgIpc) is 2.78. The molecule has 0 nitrogen and oxygen atoms in total. The van der Waals surface area contributed by atoms with Crippen molar-refractivity contribution in [1.82, 2.24) is 0 Å². The summed E-state index contributed by atoms with van der Waals surface area (Å²) in [5.74, 6) is 2.89. The Labute approximate surface area is 70.0 Å². The molecule has 0 aromatic rings. The SMILES string of the molecule is C=C=CCC(C)C1CC1CC. The Kier molecular flexibility index (Phi) is 2.96. The smallest absolute Gasteiger partial charge is 0.0246 e. The van der Waals surface area contributed by atoms with Gasteiger partial charge in [0.05, 0.1) is 0 Å². The molecule has 1 rings (SSSR count). The molecule has 0 spiro atoms.